The third kappa shape index (κ3) is 5.50. The van der Waals surface area contributed by atoms with Gasteiger partial charge in [-0.15, -0.1) is 10.2 Å². The highest BCUT2D eigenvalue weighted by Crippen LogP contribution is 2.26. The van der Waals surface area contributed by atoms with Gasteiger partial charge in [-0.2, -0.15) is 5.26 Å². The summed E-state index contributed by atoms with van der Waals surface area (Å²) in [5, 5.41) is 18.4. The number of carbonyl (C=O) groups excluding carboxylic acids is 1. The summed E-state index contributed by atoms with van der Waals surface area (Å²) >= 11 is 1.37. The van der Waals surface area contributed by atoms with Gasteiger partial charge >= 0.3 is 0 Å². The van der Waals surface area contributed by atoms with Gasteiger partial charge in [0.1, 0.15) is 0 Å². The van der Waals surface area contributed by atoms with Gasteiger partial charge in [0, 0.05) is 36.7 Å². The number of anilines is 1. The predicted molar refractivity (Wildman–Crippen MR) is 123 cm³/mol. The summed E-state index contributed by atoms with van der Waals surface area (Å²) in [7, 11) is 0. The number of nitriles is 1. The van der Waals surface area contributed by atoms with E-state index < -0.39 is 0 Å². The van der Waals surface area contributed by atoms with Crippen LogP contribution in [0.3, 0.4) is 0 Å². The van der Waals surface area contributed by atoms with E-state index in [1.165, 1.54) is 17.3 Å². The Morgan fingerprint density at radius 3 is 2.61 bits per heavy atom. The van der Waals surface area contributed by atoms with Gasteiger partial charge in [-0.1, -0.05) is 24.8 Å². The van der Waals surface area contributed by atoms with Crippen molar-refractivity contribution in [2.24, 2.45) is 0 Å². The largest absolute Gasteiger partial charge is 0.311 e. The first-order valence-corrected chi connectivity index (χ1v) is 11.2. The van der Waals surface area contributed by atoms with Crippen molar-refractivity contribution in [3.63, 3.8) is 0 Å². The number of benzene rings is 1. The number of hydrogen-bond donors (Lipinski definition) is 0. The minimum atomic E-state index is -0.0555. The fourth-order valence-electron chi connectivity index (χ4n) is 3.19. The molecule has 1 amide bonds. The maximum Gasteiger partial charge on any atom is 0.237 e. The van der Waals surface area contributed by atoms with Crippen LogP contribution in [0.25, 0.3) is 11.4 Å². The van der Waals surface area contributed by atoms with E-state index in [4.69, 9.17) is 5.26 Å². The number of hydrogen-bond acceptors (Lipinski definition) is 6. The van der Waals surface area contributed by atoms with E-state index in [2.05, 4.69) is 28.2 Å². The number of amides is 1. The van der Waals surface area contributed by atoms with Crippen molar-refractivity contribution in [1.82, 2.24) is 19.7 Å². The first-order chi connectivity index (χ1) is 15.0. The van der Waals surface area contributed by atoms with E-state index in [1.807, 2.05) is 48.7 Å². The maximum atomic E-state index is 13.1. The summed E-state index contributed by atoms with van der Waals surface area (Å²) in [6, 6.07) is 11.9. The molecule has 0 atom stereocenters. The first-order valence-electron chi connectivity index (χ1n) is 10.3. The lowest BCUT2D eigenvalue weighted by Crippen LogP contribution is -2.33. The van der Waals surface area contributed by atoms with Crippen molar-refractivity contribution in [3.05, 3.63) is 53.9 Å². The summed E-state index contributed by atoms with van der Waals surface area (Å²) in [6.45, 7) is 7.28. The van der Waals surface area contributed by atoms with Crippen molar-refractivity contribution in [2.75, 3.05) is 17.2 Å². The molecule has 0 saturated carbocycles. The zero-order valence-corrected chi connectivity index (χ0v) is 18.9. The van der Waals surface area contributed by atoms with Crippen LogP contribution in [0.4, 0.5) is 5.69 Å². The van der Waals surface area contributed by atoms with E-state index in [-0.39, 0.29) is 18.1 Å². The Morgan fingerprint density at radius 2 is 1.94 bits per heavy atom. The molecule has 2 aromatic heterocycles. The van der Waals surface area contributed by atoms with Crippen molar-refractivity contribution >= 4 is 23.4 Å². The van der Waals surface area contributed by atoms with Crippen LogP contribution in [0, 0.1) is 25.2 Å². The van der Waals surface area contributed by atoms with Gasteiger partial charge in [0.25, 0.3) is 0 Å². The van der Waals surface area contributed by atoms with Crippen LogP contribution in [0.5, 0.6) is 0 Å². The highest BCUT2D eigenvalue weighted by Gasteiger charge is 2.19. The van der Waals surface area contributed by atoms with Gasteiger partial charge in [-0.25, -0.2) is 0 Å². The molecular formula is C23H26N6OS. The molecule has 0 N–H and O–H groups in total. The molecular weight excluding hydrogens is 408 g/mol. The molecule has 160 valence electrons. The molecule has 1 aromatic carbocycles. The molecule has 2 heterocycles. The molecule has 3 rings (SSSR count). The SMILES string of the molecule is CCCn1c(SCC(=O)N(CCC#N)c2ccc(C)c(C)c2)nnc1-c1ccncc1. The van der Waals surface area contributed by atoms with Gasteiger partial charge in [-0.05, 0) is 55.7 Å². The number of thioether (sulfide) groups is 1. The normalized spacial score (nSPS) is 10.6. The van der Waals surface area contributed by atoms with Crippen molar-refractivity contribution < 1.29 is 4.79 Å². The summed E-state index contributed by atoms with van der Waals surface area (Å²) in [6.07, 6.45) is 4.66. The average molecular weight is 435 g/mol. The zero-order valence-electron chi connectivity index (χ0n) is 18.1. The van der Waals surface area contributed by atoms with Gasteiger partial charge in [0.15, 0.2) is 11.0 Å². The summed E-state index contributed by atoms with van der Waals surface area (Å²) in [4.78, 5) is 18.8. The molecule has 0 saturated heterocycles. The molecule has 3 aromatic rings. The van der Waals surface area contributed by atoms with Crippen LogP contribution in [-0.4, -0.2) is 38.0 Å². The fourth-order valence-corrected chi connectivity index (χ4v) is 4.03. The molecule has 0 aliphatic heterocycles. The van der Waals surface area contributed by atoms with Crippen LogP contribution in [0.15, 0.2) is 47.9 Å². The summed E-state index contributed by atoms with van der Waals surface area (Å²) < 4.78 is 2.04. The lowest BCUT2D eigenvalue weighted by Gasteiger charge is -2.22. The van der Waals surface area contributed by atoms with Crippen molar-refractivity contribution in [2.45, 2.75) is 45.3 Å². The quantitative estimate of drug-likeness (QED) is 0.464. The third-order valence-electron chi connectivity index (χ3n) is 4.98. The topological polar surface area (TPSA) is 87.7 Å². The smallest absolute Gasteiger partial charge is 0.237 e. The number of nitrogens with zero attached hydrogens (tertiary/aromatic N) is 6. The van der Waals surface area contributed by atoms with Gasteiger partial charge in [-0.3, -0.25) is 9.78 Å². The third-order valence-corrected chi connectivity index (χ3v) is 5.93. The number of rotatable bonds is 9. The Labute approximate surface area is 187 Å². The maximum absolute atomic E-state index is 13.1. The average Bonchev–Trinajstić information content (AvgIpc) is 3.18. The van der Waals surface area contributed by atoms with Crippen LogP contribution in [0.2, 0.25) is 0 Å². The van der Waals surface area contributed by atoms with Crippen molar-refractivity contribution in [1.29, 1.82) is 5.26 Å². The monoisotopic (exact) mass is 434 g/mol. The van der Waals surface area contributed by atoms with Gasteiger partial charge in [0.05, 0.1) is 18.2 Å². The Bertz CT molecular complexity index is 1070. The fraction of sp³-hybridized carbons (Fsp3) is 0.348. The predicted octanol–water partition coefficient (Wildman–Crippen LogP) is 4.41. The van der Waals surface area contributed by atoms with Crippen molar-refractivity contribution in [3.8, 4) is 17.5 Å². The summed E-state index contributed by atoms with van der Waals surface area (Å²) in [5.74, 6) is 0.936. The molecule has 0 bridgehead atoms. The molecule has 8 heteroatoms. The molecule has 0 aliphatic carbocycles. The molecule has 0 aliphatic rings. The first kappa shape index (κ1) is 22.5. The lowest BCUT2D eigenvalue weighted by atomic mass is 10.1. The van der Waals surface area contributed by atoms with Crippen LogP contribution in [-0.2, 0) is 11.3 Å². The zero-order chi connectivity index (χ0) is 22.2. The van der Waals surface area contributed by atoms with Crippen LogP contribution in [0.1, 0.15) is 30.9 Å². The Balaban J connectivity index is 1.79. The van der Waals surface area contributed by atoms with E-state index in [0.717, 1.165) is 35.6 Å². The molecule has 0 fully saturated rings. The number of aryl methyl sites for hydroxylation is 2. The van der Waals surface area contributed by atoms with E-state index in [9.17, 15) is 4.79 Å². The number of aromatic nitrogens is 4. The van der Waals surface area contributed by atoms with Gasteiger partial charge < -0.3 is 9.47 Å². The Morgan fingerprint density at radius 1 is 1.16 bits per heavy atom. The lowest BCUT2D eigenvalue weighted by molar-refractivity contribution is -0.116. The standard InChI is InChI=1S/C23H26N6OS/c1-4-13-29-22(19-8-11-25-12-9-19)26-27-23(29)31-16-21(30)28(14-5-10-24)20-7-6-17(2)18(3)15-20/h6-9,11-12,15H,4-5,13-14,16H2,1-3H3. The molecule has 0 unspecified atom stereocenters. The molecule has 31 heavy (non-hydrogen) atoms. The van der Waals surface area contributed by atoms with Crippen LogP contribution >= 0.6 is 11.8 Å². The summed E-state index contributed by atoms with van der Waals surface area (Å²) in [5.41, 5.74) is 4.04. The van der Waals surface area contributed by atoms with Crippen LogP contribution < -0.4 is 4.90 Å². The Kier molecular flexibility index (Phi) is 7.79. The van der Waals surface area contributed by atoms with E-state index >= 15 is 0 Å². The highest BCUT2D eigenvalue weighted by atomic mass is 32.2. The second kappa shape index (κ2) is 10.7. The van der Waals surface area contributed by atoms with Gasteiger partial charge in [0.2, 0.25) is 5.91 Å². The molecule has 0 spiro atoms. The van der Waals surface area contributed by atoms with E-state index in [1.54, 1.807) is 17.3 Å². The molecule has 0 radical (unpaired) electrons. The molecule has 7 nitrogen and oxygen atoms in total. The number of pyridine rings is 1. The van der Waals surface area contributed by atoms with E-state index in [0.29, 0.717) is 11.7 Å². The minimum absolute atomic E-state index is 0.0555. The number of carbonyl (C=O) groups is 1. The Hall–Kier alpha value is -3.18. The second-order valence-electron chi connectivity index (χ2n) is 7.20. The highest BCUT2D eigenvalue weighted by molar-refractivity contribution is 7.99. The second-order valence-corrected chi connectivity index (χ2v) is 8.15. The minimum Gasteiger partial charge on any atom is -0.311 e.